The number of benzene rings is 2. The van der Waals surface area contributed by atoms with Gasteiger partial charge in [0.15, 0.2) is 0 Å². The average molecular weight is 233 g/mol. The van der Waals surface area contributed by atoms with E-state index in [0.29, 0.717) is 0 Å². The first-order chi connectivity index (χ1) is 8.86. The Morgan fingerprint density at radius 3 is 2.22 bits per heavy atom. The lowest BCUT2D eigenvalue weighted by atomic mass is 10.1. The molecule has 2 aromatic carbocycles. The smallest absolute Gasteiger partial charge is 0.0287 e. The molecule has 0 fully saturated rings. The molecule has 1 aliphatic heterocycles. The fraction of sp³-hybridized carbons (Fsp3) is 0.176. The number of hydrogen-bond acceptors (Lipinski definition) is 1. The van der Waals surface area contributed by atoms with Crippen LogP contribution in [-0.4, -0.2) is 4.90 Å². The van der Waals surface area contributed by atoms with E-state index in [1.54, 1.807) is 0 Å². The van der Waals surface area contributed by atoms with Crippen molar-refractivity contribution in [3.8, 4) is 12.3 Å². The maximum atomic E-state index is 5.54. The van der Waals surface area contributed by atoms with E-state index in [0.717, 1.165) is 25.2 Å². The highest BCUT2D eigenvalue weighted by Crippen LogP contribution is 2.24. The van der Waals surface area contributed by atoms with Crippen LogP contribution in [0.25, 0.3) is 0 Å². The van der Waals surface area contributed by atoms with Gasteiger partial charge in [0.25, 0.3) is 0 Å². The molecule has 0 radical (unpaired) electrons. The molecule has 88 valence electrons. The van der Waals surface area contributed by atoms with Gasteiger partial charge < -0.3 is 0 Å². The van der Waals surface area contributed by atoms with Gasteiger partial charge in [0, 0.05) is 25.2 Å². The molecule has 0 saturated carbocycles. The van der Waals surface area contributed by atoms with Crippen molar-refractivity contribution in [2.24, 2.45) is 0 Å². The molecular formula is C17H15N. The molecule has 1 heteroatoms. The molecule has 0 unspecified atom stereocenters. The summed E-state index contributed by atoms with van der Waals surface area (Å²) in [6.45, 7) is 2.97. The van der Waals surface area contributed by atoms with Crippen LogP contribution in [0.4, 0.5) is 0 Å². The summed E-state index contributed by atoms with van der Waals surface area (Å²) in [5, 5.41) is 0. The Kier molecular flexibility index (Phi) is 2.88. The van der Waals surface area contributed by atoms with Crippen LogP contribution in [0.5, 0.6) is 0 Å². The minimum Gasteiger partial charge on any atom is -0.291 e. The van der Waals surface area contributed by atoms with Crippen LogP contribution >= 0.6 is 0 Å². The highest BCUT2D eigenvalue weighted by Gasteiger charge is 2.18. The van der Waals surface area contributed by atoms with Crippen LogP contribution in [0.15, 0.2) is 48.5 Å². The van der Waals surface area contributed by atoms with Crippen LogP contribution in [0.3, 0.4) is 0 Å². The second kappa shape index (κ2) is 4.68. The molecule has 0 bridgehead atoms. The molecule has 0 amide bonds. The van der Waals surface area contributed by atoms with Crippen molar-refractivity contribution in [3.05, 3.63) is 70.8 Å². The number of hydrogen-bond donors (Lipinski definition) is 0. The topological polar surface area (TPSA) is 3.24 Å². The predicted molar refractivity (Wildman–Crippen MR) is 73.8 cm³/mol. The Balaban J connectivity index is 1.79. The number of terminal acetylenes is 1. The van der Waals surface area contributed by atoms with Gasteiger partial charge >= 0.3 is 0 Å². The standard InChI is InChI=1S/C17H15N/c1-2-14-7-3-4-8-15(14)11-18-12-16-9-5-6-10-17(16)13-18/h1,3-10H,11-13H2. The molecule has 2 aromatic rings. The minimum absolute atomic E-state index is 0.926. The molecule has 0 spiro atoms. The first-order valence-corrected chi connectivity index (χ1v) is 6.20. The summed E-state index contributed by atoms with van der Waals surface area (Å²) in [4.78, 5) is 2.43. The monoisotopic (exact) mass is 233 g/mol. The van der Waals surface area contributed by atoms with Gasteiger partial charge in [-0.15, -0.1) is 6.42 Å². The molecule has 18 heavy (non-hydrogen) atoms. The number of fused-ring (bicyclic) bond motifs is 1. The van der Waals surface area contributed by atoms with Gasteiger partial charge in [-0.1, -0.05) is 48.4 Å². The lowest BCUT2D eigenvalue weighted by Crippen LogP contribution is -2.16. The van der Waals surface area contributed by atoms with Crippen molar-refractivity contribution < 1.29 is 0 Å². The first kappa shape index (κ1) is 11.1. The van der Waals surface area contributed by atoms with E-state index in [1.807, 2.05) is 12.1 Å². The Hall–Kier alpha value is -2.04. The van der Waals surface area contributed by atoms with Crippen molar-refractivity contribution >= 4 is 0 Å². The highest BCUT2D eigenvalue weighted by molar-refractivity contribution is 5.40. The summed E-state index contributed by atoms with van der Waals surface area (Å²) in [7, 11) is 0. The van der Waals surface area contributed by atoms with Gasteiger partial charge in [-0.25, -0.2) is 0 Å². The lowest BCUT2D eigenvalue weighted by molar-refractivity contribution is 0.275. The van der Waals surface area contributed by atoms with Crippen molar-refractivity contribution in [2.75, 3.05) is 0 Å². The summed E-state index contributed by atoms with van der Waals surface area (Å²) >= 11 is 0. The summed E-state index contributed by atoms with van der Waals surface area (Å²) in [5.41, 5.74) is 5.13. The van der Waals surface area contributed by atoms with E-state index >= 15 is 0 Å². The molecule has 0 saturated heterocycles. The van der Waals surface area contributed by atoms with E-state index in [-0.39, 0.29) is 0 Å². The van der Waals surface area contributed by atoms with Crippen LogP contribution in [0.1, 0.15) is 22.3 Å². The quantitative estimate of drug-likeness (QED) is 0.720. The summed E-state index contributed by atoms with van der Waals surface area (Å²) in [5.74, 6) is 2.76. The second-order valence-electron chi connectivity index (χ2n) is 4.72. The zero-order valence-electron chi connectivity index (χ0n) is 10.3. The van der Waals surface area contributed by atoms with Crippen LogP contribution in [-0.2, 0) is 19.6 Å². The van der Waals surface area contributed by atoms with Gasteiger partial charge in [0.2, 0.25) is 0 Å². The summed E-state index contributed by atoms with van der Waals surface area (Å²) in [6.07, 6.45) is 5.54. The molecular weight excluding hydrogens is 218 g/mol. The molecule has 0 atom stereocenters. The van der Waals surface area contributed by atoms with E-state index in [1.165, 1.54) is 16.7 Å². The van der Waals surface area contributed by atoms with Gasteiger partial charge in [-0.3, -0.25) is 4.90 Å². The van der Waals surface area contributed by atoms with Crippen molar-refractivity contribution in [2.45, 2.75) is 19.6 Å². The van der Waals surface area contributed by atoms with E-state index in [2.05, 4.69) is 47.2 Å². The molecule has 1 nitrogen and oxygen atoms in total. The first-order valence-electron chi connectivity index (χ1n) is 6.20. The highest BCUT2D eigenvalue weighted by atomic mass is 15.1. The number of rotatable bonds is 2. The van der Waals surface area contributed by atoms with Crippen molar-refractivity contribution in [1.82, 2.24) is 4.90 Å². The Morgan fingerprint density at radius 1 is 0.944 bits per heavy atom. The minimum atomic E-state index is 0.926. The van der Waals surface area contributed by atoms with Gasteiger partial charge in [0.05, 0.1) is 0 Å². The Bertz CT molecular complexity index is 582. The third kappa shape index (κ3) is 2.03. The van der Waals surface area contributed by atoms with Gasteiger partial charge in [0.1, 0.15) is 0 Å². The predicted octanol–water partition coefficient (Wildman–Crippen LogP) is 3.18. The molecule has 1 heterocycles. The SMILES string of the molecule is C#Cc1ccccc1CN1Cc2ccccc2C1. The third-order valence-electron chi connectivity index (χ3n) is 3.47. The fourth-order valence-corrected chi connectivity index (χ4v) is 2.56. The largest absolute Gasteiger partial charge is 0.291 e. The molecule has 3 rings (SSSR count). The normalized spacial score (nSPS) is 14.2. The van der Waals surface area contributed by atoms with Crippen molar-refractivity contribution in [3.63, 3.8) is 0 Å². The van der Waals surface area contributed by atoms with Crippen molar-refractivity contribution in [1.29, 1.82) is 0 Å². The zero-order chi connectivity index (χ0) is 12.4. The Morgan fingerprint density at radius 2 is 1.56 bits per heavy atom. The summed E-state index contributed by atoms with van der Waals surface area (Å²) in [6, 6.07) is 16.8. The second-order valence-corrected chi connectivity index (χ2v) is 4.72. The fourth-order valence-electron chi connectivity index (χ4n) is 2.56. The van der Waals surface area contributed by atoms with E-state index in [9.17, 15) is 0 Å². The molecule has 0 aromatic heterocycles. The Labute approximate surface area is 108 Å². The van der Waals surface area contributed by atoms with E-state index < -0.39 is 0 Å². The summed E-state index contributed by atoms with van der Waals surface area (Å²) < 4.78 is 0. The molecule has 1 aliphatic rings. The molecule has 0 N–H and O–H groups in total. The zero-order valence-corrected chi connectivity index (χ0v) is 10.3. The maximum Gasteiger partial charge on any atom is 0.0287 e. The van der Waals surface area contributed by atoms with E-state index in [4.69, 9.17) is 6.42 Å². The van der Waals surface area contributed by atoms with Crippen LogP contribution in [0, 0.1) is 12.3 Å². The average Bonchev–Trinajstić information content (AvgIpc) is 2.81. The third-order valence-corrected chi connectivity index (χ3v) is 3.47. The number of nitrogens with zero attached hydrogens (tertiary/aromatic N) is 1. The van der Waals surface area contributed by atoms with Gasteiger partial charge in [-0.2, -0.15) is 0 Å². The van der Waals surface area contributed by atoms with Crippen LogP contribution in [0.2, 0.25) is 0 Å². The molecule has 0 aliphatic carbocycles. The lowest BCUT2D eigenvalue weighted by Gasteiger charge is -2.15. The van der Waals surface area contributed by atoms with Gasteiger partial charge in [-0.05, 0) is 22.8 Å². The van der Waals surface area contributed by atoms with Crippen LogP contribution < -0.4 is 0 Å². The maximum absolute atomic E-state index is 5.54.